The molecular formula is C21H37N7O9S. The molecule has 0 rings (SSSR count). The van der Waals surface area contributed by atoms with E-state index >= 15 is 0 Å². The van der Waals surface area contributed by atoms with Crippen LogP contribution in [0.15, 0.2) is 4.99 Å². The van der Waals surface area contributed by atoms with Crippen LogP contribution < -0.4 is 33.2 Å². The third-order valence-electron chi connectivity index (χ3n) is 5.09. The standard InChI is InChI=1S/C21H37N7O9S/c1-38-10-8-13(19(35)28-14(20(36)37)5-7-16(31)32)27-18(34)12(3-2-9-25-21(23)24)26-17(33)11(22)4-6-15(29)30/h11-14H,2-10,22H2,1H3,(H,26,33)(H,27,34)(H,28,35)(H,29,30)(H,31,32)(H,36,37)(H4,23,24,25). The largest absolute Gasteiger partial charge is 0.481 e. The van der Waals surface area contributed by atoms with Crippen molar-refractivity contribution in [3.63, 3.8) is 0 Å². The molecule has 0 bridgehead atoms. The molecule has 12 N–H and O–H groups in total. The van der Waals surface area contributed by atoms with E-state index in [1.807, 2.05) is 0 Å². The van der Waals surface area contributed by atoms with Gasteiger partial charge in [0.1, 0.15) is 18.1 Å². The molecule has 4 atom stereocenters. The van der Waals surface area contributed by atoms with E-state index in [-0.39, 0.29) is 51.0 Å². The van der Waals surface area contributed by atoms with Crippen LogP contribution in [-0.4, -0.2) is 99.6 Å². The molecule has 0 heterocycles. The fourth-order valence-corrected chi connectivity index (χ4v) is 3.51. The van der Waals surface area contributed by atoms with Gasteiger partial charge in [-0.1, -0.05) is 0 Å². The Labute approximate surface area is 223 Å². The molecule has 0 radical (unpaired) electrons. The number of guanidine groups is 1. The first-order valence-corrected chi connectivity index (χ1v) is 13.0. The number of aliphatic carboxylic acids is 3. The molecule has 0 aromatic carbocycles. The molecule has 0 aliphatic carbocycles. The number of aliphatic imine (C=N–C) groups is 1. The number of nitrogens with zero attached hydrogens (tertiary/aromatic N) is 1. The van der Waals surface area contributed by atoms with Crippen molar-refractivity contribution >= 4 is 53.4 Å². The summed E-state index contributed by atoms with van der Waals surface area (Å²) in [5.41, 5.74) is 16.3. The molecule has 216 valence electrons. The van der Waals surface area contributed by atoms with Gasteiger partial charge in [0.05, 0.1) is 6.04 Å². The molecule has 0 aliphatic rings. The number of thioether (sulfide) groups is 1. The number of rotatable bonds is 20. The zero-order valence-electron chi connectivity index (χ0n) is 21.1. The average molecular weight is 564 g/mol. The molecular weight excluding hydrogens is 526 g/mol. The molecule has 38 heavy (non-hydrogen) atoms. The monoisotopic (exact) mass is 563 g/mol. The van der Waals surface area contributed by atoms with E-state index in [2.05, 4.69) is 20.9 Å². The average Bonchev–Trinajstić information content (AvgIpc) is 2.83. The second-order valence-corrected chi connectivity index (χ2v) is 9.21. The Hall–Kier alpha value is -3.60. The van der Waals surface area contributed by atoms with Gasteiger partial charge in [0.25, 0.3) is 0 Å². The molecule has 3 amide bonds. The number of nitrogens with two attached hydrogens (primary N) is 3. The highest BCUT2D eigenvalue weighted by molar-refractivity contribution is 7.98. The molecule has 0 saturated heterocycles. The van der Waals surface area contributed by atoms with Crippen LogP contribution in [0.3, 0.4) is 0 Å². The number of carbonyl (C=O) groups is 6. The van der Waals surface area contributed by atoms with Gasteiger partial charge in [0, 0.05) is 19.4 Å². The van der Waals surface area contributed by atoms with Gasteiger partial charge in [-0.05, 0) is 44.1 Å². The highest BCUT2D eigenvalue weighted by Gasteiger charge is 2.30. The highest BCUT2D eigenvalue weighted by Crippen LogP contribution is 2.07. The number of hydrogen-bond acceptors (Lipinski definition) is 9. The van der Waals surface area contributed by atoms with Crippen LogP contribution in [0.5, 0.6) is 0 Å². The Morgan fingerprint density at radius 3 is 1.76 bits per heavy atom. The number of amides is 3. The summed E-state index contributed by atoms with van der Waals surface area (Å²) in [6.07, 6.45) is 0.759. The van der Waals surface area contributed by atoms with Crippen LogP contribution in [0.4, 0.5) is 0 Å². The zero-order chi connectivity index (χ0) is 29.3. The quantitative estimate of drug-likeness (QED) is 0.0417. The summed E-state index contributed by atoms with van der Waals surface area (Å²) in [5.74, 6) is -5.97. The maximum atomic E-state index is 13.1. The Kier molecular flexibility index (Phi) is 16.9. The number of carboxylic acid groups (broad SMARTS) is 3. The predicted octanol–water partition coefficient (Wildman–Crippen LogP) is -2.61. The molecule has 0 spiro atoms. The maximum absolute atomic E-state index is 13.1. The van der Waals surface area contributed by atoms with E-state index in [1.54, 1.807) is 6.26 Å². The summed E-state index contributed by atoms with van der Waals surface area (Å²) < 4.78 is 0. The van der Waals surface area contributed by atoms with Crippen molar-refractivity contribution in [2.24, 2.45) is 22.2 Å². The molecule has 0 aromatic heterocycles. The maximum Gasteiger partial charge on any atom is 0.326 e. The molecule has 16 nitrogen and oxygen atoms in total. The van der Waals surface area contributed by atoms with Crippen molar-refractivity contribution < 1.29 is 44.1 Å². The Morgan fingerprint density at radius 2 is 1.26 bits per heavy atom. The Bertz CT molecular complexity index is 868. The van der Waals surface area contributed by atoms with Gasteiger partial charge in [-0.3, -0.25) is 29.0 Å². The molecule has 0 aliphatic heterocycles. The van der Waals surface area contributed by atoms with Gasteiger partial charge in [-0.25, -0.2) is 4.79 Å². The fraction of sp³-hybridized carbons (Fsp3) is 0.667. The first-order valence-electron chi connectivity index (χ1n) is 11.7. The zero-order valence-corrected chi connectivity index (χ0v) is 21.9. The second kappa shape index (κ2) is 18.6. The smallest absolute Gasteiger partial charge is 0.326 e. The third-order valence-corrected chi connectivity index (χ3v) is 5.73. The molecule has 0 aromatic rings. The lowest BCUT2D eigenvalue weighted by Gasteiger charge is -2.25. The first-order chi connectivity index (χ1) is 17.8. The van der Waals surface area contributed by atoms with Gasteiger partial charge in [-0.2, -0.15) is 11.8 Å². The third kappa shape index (κ3) is 15.5. The lowest BCUT2D eigenvalue weighted by Crippen LogP contribution is -2.57. The number of carboxylic acids is 3. The van der Waals surface area contributed by atoms with E-state index in [0.717, 1.165) is 0 Å². The topological polar surface area (TPSA) is 290 Å². The minimum Gasteiger partial charge on any atom is -0.481 e. The van der Waals surface area contributed by atoms with Crippen molar-refractivity contribution in [1.29, 1.82) is 0 Å². The Morgan fingerprint density at radius 1 is 0.763 bits per heavy atom. The van der Waals surface area contributed by atoms with Gasteiger partial charge in [0.2, 0.25) is 17.7 Å². The van der Waals surface area contributed by atoms with Crippen LogP contribution in [0.2, 0.25) is 0 Å². The molecule has 17 heteroatoms. The first kappa shape index (κ1) is 34.4. The van der Waals surface area contributed by atoms with Crippen LogP contribution in [-0.2, 0) is 28.8 Å². The fourth-order valence-electron chi connectivity index (χ4n) is 3.04. The van der Waals surface area contributed by atoms with Gasteiger partial charge < -0.3 is 48.5 Å². The lowest BCUT2D eigenvalue weighted by molar-refractivity contribution is -0.143. The molecule has 0 fully saturated rings. The highest BCUT2D eigenvalue weighted by atomic mass is 32.2. The van der Waals surface area contributed by atoms with Gasteiger partial charge in [-0.15, -0.1) is 0 Å². The van der Waals surface area contributed by atoms with Gasteiger partial charge >= 0.3 is 17.9 Å². The summed E-state index contributed by atoms with van der Waals surface area (Å²) in [5, 5.41) is 34.1. The summed E-state index contributed by atoms with van der Waals surface area (Å²) in [6.45, 7) is 0.132. The van der Waals surface area contributed by atoms with Crippen molar-refractivity contribution in [3.8, 4) is 0 Å². The van der Waals surface area contributed by atoms with Crippen LogP contribution in [0.25, 0.3) is 0 Å². The van der Waals surface area contributed by atoms with Crippen molar-refractivity contribution in [3.05, 3.63) is 0 Å². The number of nitrogens with one attached hydrogen (secondary N) is 3. The molecule has 0 saturated carbocycles. The van der Waals surface area contributed by atoms with Crippen molar-refractivity contribution in [2.45, 2.75) is 69.1 Å². The van der Waals surface area contributed by atoms with Crippen molar-refractivity contribution in [1.82, 2.24) is 16.0 Å². The second-order valence-electron chi connectivity index (χ2n) is 8.22. The van der Waals surface area contributed by atoms with Crippen LogP contribution in [0, 0.1) is 0 Å². The van der Waals surface area contributed by atoms with E-state index in [1.165, 1.54) is 11.8 Å². The van der Waals surface area contributed by atoms with Gasteiger partial charge in [0.15, 0.2) is 5.96 Å². The lowest BCUT2D eigenvalue weighted by atomic mass is 10.1. The normalized spacial score (nSPS) is 13.7. The summed E-state index contributed by atoms with van der Waals surface area (Å²) in [6, 6.07) is -5.09. The minimum atomic E-state index is -1.49. The van der Waals surface area contributed by atoms with Crippen LogP contribution >= 0.6 is 11.8 Å². The summed E-state index contributed by atoms with van der Waals surface area (Å²) >= 11 is 1.37. The van der Waals surface area contributed by atoms with E-state index in [0.29, 0.717) is 5.75 Å². The van der Waals surface area contributed by atoms with E-state index < -0.39 is 66.2 Å². The number of carbonyl (C=O) groups excluding carboxylic acids is 3. The summed E-state index contributed by atoms with van der Waals surface area (Å²) in [7, 11) is 0. The number of hydrogen-bond donors (Lipinski definition) is 9. The Balaban J connectivity index is 5.59. The van der Waals surface area contributed by atoms with E-state index in [4.69, 9.17) is 27.4 Å². The van der Waals surface area contributed by atoms with E-state index in [9.17, 15) is 33.9 Å². The van der Waals surface area contributed by atoms with Crippen molar-refractivity contribution in [2.75, 3.05) is 18.6 Å². The van der Waals surface area contributed by atoms with Crippen LogP contribution in [0.1, 0.15) is 44.9 Å². The summed E-state index contributed by atoms with van der Waals surface area (Å²) in [4.78, 5) is 75.2. The predicted molar refractivity (Wildman–Crippen MR) is 138 cm³/mol. The molecule has 4 unspecified atom stereocenters. The SMILES string of the molecule is CSCCC(NC(=O)C(CCCN=C(N)N)NC(=O)C(N)CCC(=O)O)C(=O)NC(CCC(=O)O)C(=O)O. The minimum absolute atomic E-state index is 0.0350.